The third kappa shape index (κ3) is 4.15. The molecule has 0 saturated carbocycles. The van der Waals surface area contributed by atoms with Crippen molar-refractivity contribution < 1.29 is 19.0 Å². The number of amides is 1. The highest BCUT2D eigenvalue weighted by Crippen LogP contribution is 2.30. The molecule has 156 valence electrons. The number of carbonyl (C=O) groups is 1. The van der Waals surface area contributed by atoms with E-state index in [1.807, 2.05) is 48.2 Å². The minimum atomic E-state index is -0.146. The van der Waals surface area contributed by atoms with Crippen LogP contribution in [0.1, 0.15) is 30.1 Å². The molecule has 7 heteroatoms. The van der Waals surface area contributed by atoms with Gasteiger partial charge in [0, 0.05) is 18.8 Å². The second-order valence-electron chi connectivity index (χ2n) is 7.11. The summed E-state index contributed by atoms with van der Waals surface area (Å²) in [7, 11) is 1.51. The second-order valence-corrected chi connectivity index (χ2v) is 7.11. The molecule has 2 heterocycles. The molecule has 0 aliphatic carbocycles. The fourth-order valence-corrected chi connectivity index (χ4v) is 3.78. The molecule has 30 heavy (non-hydrogen) atoms. The first-order valence-electron chi connectivity index (χ1n) is 10.2. The number of piperidine rings is 1. The van der Waals surface area contributed by atoms with Crippen molar-refractivity contribution in [3.05, 3.63) is 54.2 Å². The molecule has 1 fully saturated rings. The van der Waals surface area contributed by atoms with Gasteiger partial charge in [0.25, 0.3) is 5.91 Å². The van der Waals surface area contributed by atoms with Gasteiger partial charge in [0.05, 0.1) is 25.8 Å². The highest BCUT2D eigenvalue weighted by molar-refractivity contribution is 6.09. The summed E-state index contributed by atoms with van der Waals surface area (Å²) in [5.41, 5.74) is 0.610. The van der Waals surface area contributed by atoms with E-state index in [1.165, 1.54) is 7.11 Å². The van der Waals surface area contributed by atoms with Crippen LogP contribution in [0, 0.1) is 0 Å². The zero-order valence-electron chi connectivity index (χ0n) is 17.2. The van der Waals surface area contributed by atoms with Crippen molar-refractivity contribution in [2.24, 2.45) is 0 Å². The highest BCUT2D eigenvalue weighted by atomic mass is 16.5. The second kappa shape index (κ2) is 8.98. The van der Waals surface area contributed by atoms with E-state index in [2.05, 4.69) is 9.97 Å². The molecule has 0 N–H and O–H groups in total. The molecule has 3 aromatic rings. The Labute approximate surface area is 175 Å². The highest BCUT2D eigenvalue weighted by Gasteiger charge is 2.29. The number of carbonyl (C=O) groups excluding carboxylic acids is 1. The Hall–Kier alpha value is -3.35. The maximum Gasteiger partial charge on any atom is 0.319 e. The van der Waals surface area contributed by atoms with Crippen molar-refractivity contribution in [3.63, 3.8) is 0 Å². The smallest absolute Gasteiger partial charge is 0.319 e. The first kappa shape index (κ1) is 19.9. The van der Waals surface area contributed by atoms with Crippen LogP contribution >= 0.6 is 0 Å². The molecule has 7 nitrogen and oxygen atoms in total. The van der Waals surface area contributed by atoms with Crippen LogP contribution in [0.2, 0.25) is 0 Å². The van der Waals surface area contributed by atoms with Gasteiger partial charge in [0.2, 0.25) is 5.88 Å². The summed E-state index contributed by atoms with van der Waals surface area (Å²) in [6, 6.07) is 13.7. The summed E-state index contributed by atoms with van der Waals surface area (Å²) in [5, 5.41) is 1.92. The standard InChI is InChI=1S/C23H25N3O4/c1-3-29-19-11-10-16-7-4-5-9-18(16)21(19)22(27)26-14-6-8-17(15-26)30-20-12-13-24-23(25-20)28-2/h4-5,7,9-13,17H,3,6,8,14-15H2,1-2H3. The van der Waals surface area contributed by atoms with Crippen molar-refractivity contribution in [2.75, 3.05) is 26.8 Å². The fourth-order valence-electron chi connectivity index (χ4n) is 3.78. The molecule has 4 rings (SSSR count). The first-order chi connectivity index (χ1) is 14.7. The molecule has 0 spiro atoms. The van der Waals surface area contributed by atoms with Gasteiger partial charge in [-0.15, -0.1) is 0 Å². The number of rotatable bonds is 6. The van der Waals surface area contributed by atoms with E-state index in [9.17, 15) is 4.79 Å². The molecule has 1 amide bonds. The molecule has 1 aliphatic heterocycles. The Morgan fingerprint density at radius 3 is 2.90 bits per heavy atom. The van der Waals surface area contributed by atoms with Gasteiger partial charge in [0.1, 0.15) is 11.9 Å². The van der Waals surface area contributed by atoms with Gasteiger partial charge >= 0.3 is 6.01 Å². The van der Waals surface area contributed by atoms with Crippen molar-refractivity contribution in [2.45, 2.75) is 25.9 Å². The van der Waals surface area contributed by atoms with Gasteiger partial charge in [-0.25, -0.2) is 4.98 Å². The number of nitrogens with zero attached hydrogens (tertiary/aromatic N) is 3. The Bertz CT molecular complexity index is 1040. The van der Waals surface area contributed by atoms with Crippen molar-refractivity contribution in [3.8, 4) is 17.6 Å². The molecule has 1 aromatic heterocycles. The van der Waals surface area contributed by atoms with Crippen molar-refractivity contribution >= 4 is 16.7 Å². The van der Waals surface area contributed by atoms with E-state index in [-0.39, 0.29) is 18.0 Å². The number of fused-ring (bicyclic) bond motifs is 1. The van der Waals surface area contributed by atoms with Crippen LogP contribution in [0.4, 0.5) is 0 Å². The lowest BCUT2D eigenvalue weighted by molar-refractivity contribution is 0.0524. The lowest BCUT2D eigenvalue weighted by Crippen LogP contribution is -2.44. The van der Waals surface area contributed by atoms with Crippen LogP contribution in [0.25, 0.3) is 10.8 Å². The fraction of sp³-hybridized carbons (Fsp3) is 0.348. The molecule has 1 aliphatic rings. The van der Waals surface area contributed by atoms with E-state index in [4.69, 9.17) is 14.2 Å². The number of benzene rings is 2. The van der Waals surface area contributed by atoms with Gasteiger partial charge in [-0.3, -0.25) is 4.79 Å². The number of aromatic nitrogens is 2. The van der Waals surface area contributed by atoms with E-state index < -0.39 is 0 Å². The number of likely N-dealkylation sites (tertiary alicyclic amines) is 1. The predicted molar refractivity (Wildman–Crippen MR) is 113 cm³/mol. The van der Waals surface area contributed by atoms with Crippen LogP contribution in [0.5, 0.6) is 17.6 Å². The summed E-state index contributed by atoms with van der Waals surface area (Å²) < 4.78 is 16.9. The molecule has 1 saturated heterocycles. The molecule has 0 radical (unpaired) electrons. The zero-order valence-corrected chi connectivity index (χ0v) is 17.2. The summed E-state index contributed by atoms with van der Waals surface area (Å²) >= 11 is 0. The Kier molecular flexibility index (Phi) is 5.97. The van der Waals surface area contributed by atoms with Gasteiger partial charge in [-0.1, -0.05) is 30.3 Å². The minimum absolute atomic E-state index is 0.0381. The third-order valence-corrected chi connectivity index (χ3v) is 5.15. The van der Waals surface area contributed by atoms with E-state index in [0.29, 0.717) is 36.9 Å². The quantitative estimate of drug-likeness (QED) is 0.620. The van der Waals surface area contributed by atoms with Crippen LogP contribution in [0.3, 0.4) is 0 Å². The monoisotopic (exact) mass is 407 g/mol. The third-order valence-electron chi connectivity index (χ3n) is 5.15. The Morgan fingerprint density at radius 1 is 1.20 bits per heavy atom. The van der Waals surface area contributed by atoms with Gasteiger partial charge in [-0.05, 0) is 36.6 Å². The van der Waals surface area contributed by atoms with Crippen molar-refractivity contribution in [1.29, 1.82) is 0 Å². The molecule has 1 atom stereocenters. The molecule has 0 bridgehead atoms. The number of hydrogen-bond donors (Lipinski definition) is 0. The van der Waals surface area contributed by atoms with Crippen LogP contribution in [0.15, 0.2) is 48.7 Å². The topological polar surface area (TPSA) is 73.8 Å². The maximum atomic E-state index is 13.6. The van der Waals surface area contributed by atoms with Crippen LogP contribution in [-0.2, 0) is 0 Å². The maximum absolute atomic E-state index is 13.6. The first-order valence-corrected chi connectivity index (χ1v) is 10.2. The van der Waals surface area contributed by atoms with E-state index in [1.54, 1.807) is 12.3 Å². The number of hydrogen-bond acceptors (Lipinski definition) is 6. The van der Waals surface area contributed by atoms with E-state index >= 15 is 0 Å². The van der Waals surface area contributed by atoms with Crippen LogP contribution < -0.4 is 14.2 Å². The predicted octanol–water partition coefficient (Wildman–Crippen LogP) is 3.72. The Morgan fingerprint density at radius 2 is 2.07 bits per heavy atom. The molecule has 1 unspecified atom stereocenters. The number of ether oxygens (including phenoxy) is 3. The normalized spacial score (nSPS) is 16.3. The average Bonchev–Trinajstić information content (AvgIpc) is 2.79. The molecule has 2 aromatic carbocycles. The summed E-state index contributed by atoms with van der Waals surface area (Å²) in [6.07, 6.45) is 3.15. The largest absolute Gasteiger partial charge is 0.493 e. The lowest BCUT2D eigenvalue weighted by atomic mass is 10.0. The molecular formula is C23H25N3O4. The lowest BCUT2D eigenvalue weighted by Gasteiger charge is -2.33. The summed E-state index contributed by atoms with van der Waals surface area (Å²) in [4.78, 5) is 23.6. The molecular weight excluding hydrogens is 382 g/mol. The van der Waals surface area contributed by atoms with E-state index in [0.717, 1.165) is 23.6 Å². The SMILES string of the molecule is CCOc1ccc2ccccc2c1C(=O)N1CCCC(Oc2ccnc(OC)n2)C1. The minimum Gasteiger partial charge on any atom is -0.493 e. The average molecular weight is 407 g/mol. The summed E-state index contributed by atoms with van der Waals surface area (Å²) in [5.74, 6) is 1.02. The van der Waals surface area contributed by atoms with Gasteiger partial charge in [-0.2, -0.15) is 4.98 Å². The Balaban J connectivity index is 1.58. The van der Waals surface area contributed by atoms with Gasteiger partial charge in [0.15, 0.2) is 0 Å². The zero-order chi connectivity index (χ0) is 20.9. The van der Waals surface area contributed by atoms with Crippen LogP contribution in [-0.4, -0.2) is 53.7 Å². The summed E-state index contributed by atoms with van der Waals surface area (Å²) in [6.45, 7) is 3.59. The number of methoxy groups -OCH3 is 1. The van der Waals surface area contributed by atoms with Gasteiger partial charge < -0.3 is 19.1 Å². The van der Waals surface area contributed by atoms with Crippen molar-refractivity contribution in [1.82, 2.24) is 14.9 Å².